The Balaban J connectivity index is 1.62. The van der Waals surface area contributed by atoms with Gasteiger partial charge in [-0.15, -0.1) is 0 Å². The molecule has 0 aromatic heterocycles. The van der Waals surface area contributed by atoms with Gasteiger partial charge in [-0.2, -0.15) is 0 Å². The van der Waals surface area contributed by atoms with E-state index in [1.54, 1.807) is 0 Å². The third-order valence-corrected chi connectivity index (χ3v) is 5.05. The van der Waals surface area contributed by atoms with E-state index in [4.69, 9.17) is 4.74 Å². The largest absolute Gasteiger partial charge is 0.395 e. The summed E-state index contributed by atoms with van der Waals surface area (Å²) < 4.78 is 6.12. The summed E-state index contributed by atoms with van der Waals surface area (Å²) in [6.07, 6.45) is 5.89. The van der Waals surface area contributed by atoms with Crippen LogP contribution >= 0.6 is 0 Å². The van der Waals surface area contributed by atoms with Crippen molar-refractivity contribution >= 4 is 0 Å². The standard InChI is InChI=1S/C17H34N2O2/c1-16(2)12-15(17(3,4)21-16)18-9-5-6-10-19-11-7-8-14(19)13-20/h14-15,18,20H,5-13H2,1-4H3. The monoisotopic (exact) mass is 298 g/mol. The van der Waals surface area contributed by atoms with E-state index in [1.165, 1.54) is 19.3 Å². The lowest BCUT2D eigenvalue weighted by Crippen LogP contribution is -2.43. The summed E-state index contributed by atoms with van der Waals surface area (Å²) in [5, 5.41) is 13.0. The molecule has 0 saturated carbocycles. The Bertz CT molecular complexity index is 331. The van der Waals surface area contributed by atoms with Crippen molar-refractivity contribution in [2.24, 2.45) is 0 Å². The minimum Gasteiger partial charge on any atom is -0.395 e. The molecule has 0 aromatic carbocycles. The predicted molar refractivity (Wildman–Crippen MR) is 86.6 cm³/mol. The second-order valence-electron chi connectivity index (χ2n) is 7.90. The number of hydrogen-bond donors (Lipinski definition) is 2. The van der Waals surface area contributed by atoms with E-state index in [-0.39, 0.29) is 11.2 Å². The molecule has 0 aromatic rings. The maximum Gasteiger partial charge on any atom is 0.0787 e. The van der Waals surface area contributed by atoms with Gasteiger partial charge in [-0.05, 0) is 79.4 Å². The van der Waals surface area contributed by atoms with Crippen LogP contribution in [0.4, 0.5) is 0 Å². The summed E-state index contributed by atoms with van der Waals surface area (Å²) >= 11 is 0. The van der Waals surface area contributed by atoms with Gasteiger partial charge >= 0.3 is 0 Å². The van der Waals surface area contributed by atoms with Crippen molar-refractivity contribution in [3.8, 4) is 0 Å². The molecule has 2 fully saturated rings. The van der Waals surface area contributed by atoms with E-state index >= 15 is 0 Å². The third kappa shape index (κ3) is 4.65. The van der Waals surface area contributed by atoms with Crippen LogP contribution in [0.1, 0.15) is 59.8 Å². The Morgan fingerprint density at radius 2 is 2.00 bits per heavy atom. The Labute approximate surface area is 130 Å². The first-order chi connectivity index (χ1) is 9.84. The minimum atomic E-state index is -0.0690. The van der Waals surface area contributed by atoms with Crippen LogP contribution in [0.5, 0.6) is 0 Å². The van der Waals surface area contributed by atoms with Crippen LogP contribution in [0.15, 0.2) is 0 Å². The molecule has 2 aliphatic heterocycles. The summed E-state index contributed by atoms with van der Waals surface area (Å²) in [6, 6.07) is 0.866. The fourth-order valence-corrected chi connectivity index (χ4v) is 3.99. The normalized spacial score (nSPS) is 31.9. The van der Waals surface area contributed by atoms with Gasteiger partial charge in [0, 0.05) is 12.1 Å². The molecule has 0 bridgehead atoms. The van der Waals surface area contributed by atoms with E-state index < -0.39 is 0 Å². The van der Waals surface area contributed by atoms with Crippen LogP contribution in [-0.4, -0.2) is 59.5 Å². The van der Waals surface area contributed by atoms with Gasteiger partial charge in [0.05, 0.1) is 17.8 Å². The Kier molecular flexibility index (Phi) is 5.69. The number of aliphatic hydroxyl groups excluding tert-OH is 1. The van der Waals surface area contributed by atoms with Gasteiger partial charge in [0.15, 0.2) is 0 Å². The van der Waals surface area contributed by atoms with Gasteiger partial charge < -0.3 is 15.2 Å². The first-order valence-electron chi connectivity index (χ1n) is 8.62. The lowest BCUT2D eigenvalue weighted by molar-refractivity contribution is -0.0697. The van der Waals surface area contributed by atoms with Crippen molar-refractivity contribution in [1.82, 2.24) is 10.2 Å². The van der Waals surface area contributed by atoms with E-state index in [0.29, 0.717) is 18.7 Å². The molecule has 0 amide bonds. The number of ether oxygens (including phenoxy) is 1. The summed E-state index contributed by atoms with van der Waals surface area (Å²) in [6.45, 7) is 12.4. The predicted octanol–water partition coefficient (Wildman–Crippen LogP) is 2.16. The van der Waals surface area contributed by atoms with Crippen LogP contribution in [0.3, 0.4) is 0 Å². The van der Waals surface area contributed by atoms with Gasteiger partial charge in [-0.25, -0.2) is 0 Å². The maximum atomic E-state index is 9.32. The second kappa shape index (κ2) is 6.95. The van der Waals surface area contributed by atoms with Gasteiger partial charge in [0.2, 0.25) is 0 Å². The molecule has 2 N–H and O–H groups in total. The van der Waals surface area contributed by atoms with E-state index in [0.717, 1.165) is 32.5 Å². The topological polar surface area (TPSA) is 44.7 Å². The van der Waals surface area contributed by atoms with Gasteiger partial charge in [-0.3, -0.25) is 4.90 Å². The minimum absolute atomic E-state index is 0.00886. The molecule has 2 aliphatic rings. The van der Waals surface area contributed by atoms with Crippen LogP contribution < -0.4 is 5.32 Å². The first kappa shape index (κ1) is 17.2. The van der Waals surface area contributed by atoms with Crippen LogP contribution in [0.25, 0.3) is 0 Å². The number of nitrogens with one attached hydrogen (secondary N) is 1. The molecule has 124 valence electrons. The van der Waals surface area contributed by atoms with Crippen molar-refractivity contribution in [2.75, 3.05) is 26.2 Å². The summed E-state index contributed by atoms with van der Waals surface area (Å²) in [5.41, 5.74) is -0.0779. The fraction of sp³-hybridized carbons (Fsp3) is 1.00. The van der Waals surface area contributed by atoms with Crippen molar-refractivity contribution in [3.63, 3.8) is 0 Å². The molecule has 2 saturated heterocycles. The van der Waals surface area contributed by atoms with E-state index in [2.05, 4.69) is 37.9 Å². The molecule has 2 rings (SSSR count). The van der Waals surface area contributed by atoms with Crippen molar-refractivity contribution in [3.05, 3.63) is 0 Å². The molecule has 21 heavy (non-hydrogen) atoms. The highest BCUT2D eigenvalue weighted by Crippen LogP contribution is 2.37. The first-order valence-corrected chi connectivity index (χ1v) is 8.62. The van der Waals surface area contributed by atoms with Crippen molar-refractivity contribution in [2.45, 2.75) is 83.1 Å². The highest BCUT2D eigenvalue weighted by Gasteiger charge is 2.45. The smallest absolute Gasteiger partial charge is 0.0787 e. The number of rotatable bonds is 7. The van der Waals surface area contributed by atoms with E-state index in [1.807, 2.05) is 0 Å². The number of aliphatic hydroxyl groups is 1. The fourth-order valence-electron chi connectivity index (χ4n) is 3.99. The van der Waals surface area contributed by atoms with Crippen LogP contribution in [0, 0.1) is 0 Å². The summed E-state index contributed by atoms with van der Waals surface area (Å²) in [7, 11) is 0. The number of hydrogen-bond acceptors (Lipinski definition) is 4. The number of unbranched alkanes of at least 4 members (excludes halogenated alkanes) is 1. The SMILES string of the molecule is CC1(C)CC(NCCCCN2CCCC2CO)C(C)(C)O1. The Morgan fingerprint density at radius 3 is 2.62 bits per heavy atom. The zero-order chi connectivity index (χ0) is 15.5. The molecule has 2 unspecified atom stereocenters. The number of nitrogens with zero attached hydrogens (tertiary/aromatic N) is 1. The molecule has 4 heteroatoms. The molecular formula is C17H34N2O2. The highest BCUT2D eigenvalue weighted by molar-refractivity contribution is 4.98. The molecule has 4 nitrogen and oxygen atoms in total. The summed E-state index contributed by atoms with van der Waals surface area (Å²) in [5.74, 6) is 0. The van der Waals surface area contributed by atoms with Gasteiger partial charge in [0.1, 0.15) is 0 Å². The summed E-state index contributed by atoms with van der Waals surface area (Å²) in [4.78, 5) is 2.45. The van der Waals surface area contributed by atoms with Crippen LogP contribution in [0.2, 0.25) is 0 Å². The average molecular weight is 298 g/mol. The number of likely N-dealkylation sites (tertiary alicyclic amines) is 1. The molecule has 0 spiro atoms. The van der Waals surface area contributed by atoms with E-state index in [9.17, 15) is 5.11 Å². The Morgan fingerprint density at radius 1 is 1.24 bits per heavy atom. The average Bonchev–Trinajstić information content (AvgIpc) is 2.90. The Hall–Kier alpha value is -0.160. The molecule has 2 atom stereocenters. The van der Waals surface area contributed by atoms with Crippen LogP contribution in [-0.2, 0) is 4.74 Å². The lowest BCUT2D eigenvalue weighted by Gasteiger charge is -2.28. The quantitative estimate of drug-likeness (QED) is 0.707. The van der Waals surface area contributed by atoms with Gasteiger partial charge in [0.25, 0.3) is 0 Å². The maximum absolute atomic E-state index is 9.32. The molecule has 0 aliphatic carbocycles. The van der Waals surface area contributed by atoms with Crippen molar-refractivity contribution in [1.29, 1.82) is 0 Å². The lowest BCUT2D eigenvalue weighted by atomic mass is 9.94. The third-order valence-electron chi connectivity index (χ3n) is 5.05. The molecular weight excluding hydrogens is 264 g/mol. The zero-order valence-corrected chi connectivity index (χ0v) is 14.3. The molecule has 0 radical (unpaired) electrons. The molecule has 2 heterocycles. The van der Waals surface area contributed by atoms with Gasteiger partial charge in [-0.1, -0.05) is 0 Å². The zero-order valence-electron chi connectivity index (χ0n) is 14.3. The highest BCUT2D eigenvalue weighted by atomic mass is 16.5. The van der Waals surface area contributed by atoms with Crippen molar-refractivity contribution < 1.29 is 9.84 Å². The second-order valence-corrected chi connectivity index (χ2v) is 7.90.